The summed E-state index contributed by atoms with van der Waals surface area (Å²) in [6.45, 7) is 3.99. The lowest BCUT2D eigenvalue weighted by Crippen LogP contribution is -2.19. The Morgan fingerprint density at radius 3 is 2.68 bits per heavy atom. The number of fused-ring (bicyclic) bond motifs is 1. The van der Waals surface area contributed by atoms with Crippen LogP contribution < -0.4 is 9.54 Å². The molecule has 0 aliphatic carbocycles. The van der Waals surface area contributed by atoms with Crippen LogP contribution in [0.15, 0.2) is 51.9 Å². The van der Waals surface area contributed by atoms with Gasteiger partial charge in [0.2, 0.25) is 0 Å². The predicted octanol–water partition coefficient (Wildman–Crippen LogP) is 5.03. The van der Waals surface area contributed by atoms with E-state index in [9.17, 15) is 4.79 Å². The first-order valence-corrected chi connectivity index (χ1v) is 10.8. The van der Waals surface area contributed by atoms with Crippen molar-refractivity contribution in [2.75, 3.05) is 20.3 Å². The fourth-order valence-corrected chi connectivity index (χ4v) is 4.32. The fourth-order valence-electron chi connectivity index (χ4n) is 2.71. The highest BCUT2D eigenvalue weighted by Gasteiger charge is 2.10. The van der Waals surface area contributed by atoms with Crippen LogP contribution in [0.2, 0.25) is 0 Å². The number of ether oxygens (including phenoxy) is 2. The van der Waals surface area contributed by atoms with Crippen LogP contribution in [0.1, 0.15) is 30.1 Å². The summed E-state index contributed by atoms with van der Waals surface area (Å²) in [6, 6.07) is 13.2. The molecular formula is C21H23BrN2O3S. The molecule has 5 nitrogen and oxygen atoms in total. The largest absolute Gasteiger partial charge is 0.494 e. The standard InChI is InChI=1S/C21H23BrN2O3S/c1-3-4-12-27-17-8-5-15(6-9-17)20(25)23-21-24(11-13-26-2)18-10-7-16(22)14-19(18)28-21/h5-10,14H,3-4,11-13H2,1-2H3. The van der Waals surface area contributed by atoms with Gasteiger partial charge in [-0.3, -0.25) is 4.79 Å². The van der Waals surface area contributed by atoms with Crippen molar-refractivity contribution in [3.63, 3.8) is 0 Å². The first kappa shape index (κ1) is 20.8. The van der Waals surface area contributed by atoms with Crippen molar-refractivity contribution in [2.45, 2.75) is 26.3 Å². The maximum absolute atomic E-state index is 12.7. The first-order valence-electron chi connectivity index (χ1n) is 9.22. The Morgan fingerprint density at radius 1 is 1.18 bits per heavy atom. The Kier molecular flexibility index (Phi) is 7.42. The molecule has 0 saturated heterocycles. The van der Waals surface area contributed by atoms with Gasteiger partial charge in [0.25, 0.3) is 5.91 Å². The number of unbranched alkanes of at least 4 members (excludes halogenated alkanes) is 1. The average molecular weight is 463 g/mol. The van der Waals surface area contributed by atoms with Crippen molar-refractivity contribution in [1.29, 1.82) is 0 Å². The van der Waals surface area contributed by atoms with Crippen LogP contribution in [-0.4, -0.2) is 30.8 Å². The van der Waals surface area contributed by atoms with Crippen LogP contribution in [0, 0.1) is 0 Å². The van der Waals surface area contributed by atoms with E-state index in [1.54, 1.807) is 19.2 Å². The van der Waals surface area contributed by atoms with Gasteiger partial charge in [-0.05, 0) is 48.9 Å². The number of hydrogen-bond acceptors (Lipinski definition) is 4. The van der Waals surface area contributed by atoms with Crippen molar-refractivity contribution >= 4 is 43.4 Å². The van der Waals surface area contributed by atoms with E-state index in [0.29, 0.717) is 30.1 Å². The van der Waals surface area contributed by atoms with Gasteiger partial charge >= 0.3 is 0 Å². The molecule has 0 aliphatic heterocycles. The topological polar surface area (TPSA) is 52.8 Å². The smallest absolute Gasteiger partial charge is 0.279 e. The number of benzene rings is 2. The second kappa shape index (κ2) is 10.0. The number of nitrogens with zero attached hydrogens (tertiary/aromatic N) is 2. The molecule has 0 unspecified atom stereocenters. The van der Waals surface area contributed by atoms with Crippen molar-refractivity contribution in [2.24, 2.45) is 4.99 Å². The van der Waals surface area contributed by atoms with Crippen LogP contribution in [0.4, 0.5) is 0 Å². The van der Waals surface area contributed by atoms with Gasteiger partial charge in [-0.2, -0.15) is 4.99 Å². The van der Waals surface area contributed by atoms with Crippen LogP contribution in [0.3, 0.4) is 0 Å². The Labute approximate surface area is 176 Å². The molecule has 0 radical (unpaired) electrons. The van der Waals surface area contributed by atoms with E-state index in [1.807, 2.05) is 34.9 Å². The Balaban J connectivity index is 1.89. The maximum atomic E-state index is 12.7. The van der Waals surface area contributed by atoms with E-state index in [-0.39, 0.29) is 5.91 Å². The number of halogens is 1. The molecule has 0 spiro atoms. The molecule has 2 aromatic carbocycles. The second-order valence-electron chi connectivity index (χ2n) is 6.28. The van der Waals surface area contributed by atoms with Crippen molar-refractivity contribution in [3.8, 4) is 5.75 Å². The molecule has 3 rings (SSSR count). The van der Waals surface area contributed by atoms with Gasteiger partial charge < -0.3 is 14.0 Å². The van der Waals surface area contributed by atoms with E-state index in [2.05, 4.69) is 27.8 Å². The number of methoxy groups -OCH3 is 1. The molecule has 1 heterocycles. The van der Waals surface area contributed by atoms with Gasteiger partial charge in [-0.25, -0.2) is 0 Å². The minimum atomic E-state index is -0.267. The molecule has 0 aliphatic rings. The molecule has 148 valence electrons. The van der Waals surface area contributed by atoms with Gasteiger partial charge in [0.05, 0.1) is 23.4 Å². The van der Waals surface area contributed by atoms with E-state index in [1.165, 1.54) is 11.3 Å². The number of hydrogen-bond donors (Lipinski definition) is 0. The third-order valence-electron chi connectivity index (χ3n) is 4.23. The summed E-state index contributed by atoms with van der Waals surface area (Å²) >= 11 is 4.99. The van der Waals surface area contributed by atoms with Crippen LogP contribution in [0.25, 0.3) is 10.2 Å². The van der Waals surface area contributed by atoms with E-state index in [4.69, 9.17) is 9.47 Å². The minimum absolute atomic E-state index is 0.267. The third-order valence-corrected chi connectivity index (χ3v) is 5.76. The summed E-state index contributed by atoms with van der Waals surface area (Å²) in [7, 11) is 1.66. The Morgan fingerprint density at radius 2 is 1.96 bits per heavy atom. The quantitative estimate of drug-likeness (QED) is 0.441. The molecule has 28 heavy (non-hydrogen) atoms. The summed E-state index contributed by atoms with van der Waals surface area (Å²) in [4.78, 5) is 17.8. The molecular weight excluding hydrogens is 440 g/mol. The van der Waals surface area contributed by atoms with Crippen molar-refractivity contribution in [3.05, 3.63) is 57.3 Å². The molecule has 7 heteroatoms. The molecule has 3 aromatic rings. The molecule has 0 bridgehead atoms. The molecule has 0 fully saturated rings. The lowest BCUT2D eigenvalue weighted by molar-refractivity contribution is 0.0997. The van der Waals surface area contributed by atoms with Gasteiger partial charge in [0, 0.05) is 23.7 Å². The number of rotatable bonds is 8. The zero-order chi connectivity index (χ0) is 19.9. The molecule has 0 atom stereocenters. The van der Waals surface area contributed by atoms with E-state index < -0.39 is 0 Å². The summed E-state index contributed by atoms with van der Waals surface area (Å²) in [5, 5.41) is 0. The lowest BCUT2D eigenvalue weighted by atomic mass is 10.2. The first-order chi connectivity index (χ1) is 13.6. The predicted molar refractivity (Wildman–Crippen MR) is 116 cm³/mol. The molecule has 0 saturated carbocycles. The van der Waals surface area contributed by atoms with Crippen LogP contribution >= 0.6 is 27.3 Å². The summed E-state index contributed by atoms with van der Waals surface area (Å²) in [5.74, 6) is 0.503. The normalized spacial score (nSPS) is 11.9. The summed E-state index contributed by atoms with van der Waals surface area (Å²) < 4.78 is 15.0. The number of carbonyl (C=O) groups is 1. The van der Waals surface area contributed by atoms with Crippen LogP contribution in [-0.2, 0) is 11.3 Å². The minimum Gasteiger partial charge on any atom is -0.494 e. The van der Waals surface area contributed by atoms with Crippen molar-refractivity contribution < 1.29 is 14.3 Å². The van der Waals surface area contributed by atoms with Crippen LogP contribution in [0.5, 0.6) is 5.75 Å². The van der Waals surface area contributed by atoms with Gasteiger partial charge in [-0.1, -0.05) is 40.6 Å². The number of aromatic nitrogens is 1. The van der Waals surface area contributed by atoms with E-state index in [0.717, 1.165) is 33.3 Å². The zero-order valence-corrected chi connectivity index (χ0v) is 18.4. The van der Waals surface area contributed by atoms with Crippen molar-refractivity contribution in [1.82, 2.24) is 4.57 Å². The Hall–Kier alpha value is -1.96. The third kappa shape index (κ3) is 5.10. The number of amides is 1. The molecule has 1 aromatic heterocycles. The molecule has 1 amide bonds. The maximum Gasteiger partial charge on any atom is 0.279 e. The summed E-state index contributed by atoms with van der Waals surface area (Å²) in [6.07, 6.45) is 2.10. The Bertz CT molecular complexity index is 1010. The monoisotopic (exact) mass is 462 g/mol. The molecule has 0 N–H and O–H groups in total. The van der Waals surface area contributed by atoms with Gasteiger partial charge in [0.15, 0.2) is 4.80 Å². The zero-order valence-electron chi connectivity index (χ0n) is 16.0. The highest BCUT2D eigenvalue weighted by molar-refractivity contribution is 9.10. The highest BCUT2D eigenvalue weighted by atomic mass is 79.9. The van der Waals surface area contributed by atoms with E-state index >= 15 is 0 Å². The SMILES string of the molecule is CCCCOc1ccc(C(=O)N=c2sc3cc(Br)ccc3n2CCOC)cc1. The number of carbonyl (C=O) groups excluding carboxylic acids is 1. The second-order valence-corrected chi connectivity index (χ2v) is 8.21. The average Bonchev–Trinajstić information content (AvgIpc) is 3.02. The number of thiazole rings is 1. The lowest BCUT2D eigenvalue weighted by Gasteiger charge is -2.05. The van der Waals surface area contributed by atoms with Gasteiger partial charge in [-0.15, -0.1) is 0 Å². The van der Waals surface area contributed by atoms with Gasteiger partial charge in [0.1, 0.15) is 5.75 Å². The summed E-state index contributed by atoms with van der Waals surface area (Å²) in [5.41, 5.74) is 1.58. The highest BCUT2D eigenvalue weighted by Crippen LogP contribution is 2.22. The fraction of sp³-hybridized carbons (Fsp3) is 0.333.